The molecule has 0 spiro atoms. The lowest BCUT2D eigenvalue weighted by Crippen LogP contribution is -2.48. The molecule has 4 aromatic heterocycles. The quantitative estimate of drug-likeness (QED) is 0.120. The molecule has 0 radical (unpaired) electrons. The molecule has 1 unspecified atom stereocenters. The summed E-state index contributed by atoms with van der Waals surface area (Å²) in [5.74, 6) is -0.0906. The number of anilines is 2. The zero-order valence-corrected chi connectivity index (χ0v) is 37.8. The number of aliphatic hydroxyl groups is 1. The number of carbonyl (C=O) groups excluding carboxylic acids is 3. The Labute approximate surface area is 380 Å². The van der Waals surface area contributed by atoms with Crippen molar-refractivity contribution < 1.29 is 29.1 Å². The van der Waals surface area contributed by atoms with Gasteiger partial charge in [-0.05, 0) is 74.8 Å². The molecule has 3 amide bonds. The van der Waals surface area contributed by atoms with E-state index in [0.717, 1.165) is 27.2 Å². The maximum absolute atomic E-state index is 14.3. The first-order valence-electron chi connectivity index (χ1n) is 22.4. The van der Waals surface area contributed by atoms with Crippen molar-refractivity contribution in [3.63, 3.8) is 0 Å². The Bertz CT molecular complexity index is 2680. The molecular formula is C47H55N11O6S. The molecule has 17 nitrogen and oxygen atoms in total. The van der Waals surface area contributed by atoms with Crippen molar-refractivity contribution in [1.82, 2.24) is 45.2 Å². The third kappa shape index (κ3) is 8.76. The van der Waals surface area contributed by atoms with Crippen molar-refractivity contribution in [2.45, 2.75) is 89.9 Å². The number of aryl methyl sites for hydroxylation is 1. The lowest BCUT2D eigenvalue weighted by atomic mass is 9.91. The zero-order chi connectivity index (χ0) is 45.5. The van der Waals surface area contributed by atoms with Crippen molar-refractivity contribution in [2.24, 2.45) is 11.8 Å². The van der Waals surface area contributed by atoms with E-state index in [1.165, 1.54) is 4.90 Å². The summed E-state index contributed by atoms with van der Waals surface area (Å²) >= 11 is 1.59. The average Bonchev–Trinajstić information content (AvgIpc) is 4.13. The van der Waals surface area contributed by atoms with Crippen molar-refractivity contribution >= 4 is 51.7 Å². The first-order valence-corrected chi connectivity index (χ1v) is 23.3. The Hall–Kier alpha value is -6.40. The first kappa shape index (κ1) is 43.8. The SMILES string of the molecule is Cc1ncsc1-c1ccc([C@H](C)NC(=O)[C@@H]2C[C@@H](O)CN2C(=O)C(c2cc(N3CCC(C(=O)N4CCC(n5nc(N)c6nnc(-c7ccccc7O)cc65)CC4)CC3)no2)C(C)C)cc1. The average molecular weight is 902 g/mol. The summed E-state index contributed by atoms with van der Waals surface area (Å²) in [7, 11) is 0. The van der Waals surface area contributed by atoms with Gasteiger partial charge in [-0.15, -0.1) is 21.5 Å². The van der Waals surface area contributed by atoms with Crippen molar-refractivity contribution in [3.05, 3.63) is 83.2 Å². The van der Waals surface area contributed by atoms with Gasteiger partial charge in [0.1, 0.15) is 17.7 Å². The van der Waals surface area contributed by atoms with Crippen molar-refractivity contribution in [2.75, 3.05) is 43.4 Å². The van der Waals surface area contributed by atoms with Crippen molar-refractivity contribution in [1.29, 1.82) is 0 Å². The minimum absolute atomic E-state index is 0.0146. The van der Waals surface area contributed by atoms with Gasteiger partial charge in [0.25, 0.3) is 0 Å². The van der Waals surface area contributed by atoms with E-state index in [2.05, 4.69) is 35.7 Å². The summed E-state index contributed by atoms with van der Waals surface area (Å²) in [6, 6.07) is 17.5. The molecule has 4 atom stereocenters. The number of hydrogen-bond donors (Lipinski definition) is 4. The number of rotatable bonds is 11. The van der Waals surface area contributed by atoms with Gasteiger partial charge < -0.3 is 40.5 Å². The van der Waals surface area contributed by atoms with Gasteiger partial charge in [0.2, 0.25) is 17.7 Å². The number of nitrogen functional groups attached to an aromatic ring is 1. The van der Waals surface area contributed by atoms with Gasteiger partial charge in [0, 0.05) is 56.7 Å². The molecule has 65 heavy (non-hydrogen) atoms. The van der Waals surface area contributed by atoms with Gasteiger partial charge in [-0.1, -0.05) is 55.4 Å². The predicted molar refractivity (Wildman–Crippen MR) is 246 cm³/mol. The molecule has 3 fully saturated rings. The maximum atomic E-state index is 14.3. The number of nitrogens with two attached hydrogens (primary N) is 1. The standard InChI is InChI=1S/C47H55N11O6S/c1-26(2)41(47(63)57-24-33(59)21-37(57)45(61)50-27(3)29-9-11-30(12-10-29)43-28(4)49-25-65-43)39-23-40(54-64-39)55-17-13-31(14-18-55)46(62)56-19-15-32(16-20-56)58-36-22-35(34-7-5-6-8-38(34)60)51-52-42(36)44(48)53-58/h5-12,22-23,25-27,31-33,37,41,59-60H,13-21,24H2,1-4H3,(H2,48,53)(H,50,61)/t27-,33+,37-,41?/m0/s1. The molecule has 9 rings (SSSR count). The molecule has 2 aromatic carbocycles. The normalized spacial score (nSPS) is 19.6. The number of nitrogens with one attached hydrogen (secondary N) is 1. The van der Waals surface area contributed by atoms with E-state index in [0.29, 0.717) is 86.0 Å². The molecule has 3 aliphatic heterocycles. The zero-order valence-electron chi connectivity index (χ0n) is 37.0. The fourth-order valence-electron chi connectivity index (χ4n) is 9.69. The molecule has 3 aliphatic rings. The van der Waals surface area contributed by atoms with E-state index < -0.39 is 18.1 Å². The number of nitrogens with zero attached hydrogens (tertiary/aromatic N) is 9. The maximum Gasteiger partial charge on any atom is 0.243 e. The third-order valence-electron chi connectivity index (χ3n) is 13.3. The van der Waals surface area contributed by atoms with E-state index in [9.17, 15) is 24.6 Å². The molecule has 5 N–H and O–H groups in total. The van der Waals surface area contributed by atoms with Crippen molar-refractivity contribution in [3.8, 4) is 27.4 Å². The summed E-state index contributed by atoms with van der Waals surface area (Å²) < 4.78 is 7.77. The van der Waals surface area contributed by atoms with Crippen LogP contribution in [0.4, 0.5) is 11.6 Å². The van der Waals surface area contributed by atoms with E-state index in [-0.39, 0.29) is 60.4 Å². The highest BCUT2D eigenvalue weighted by atomic mass is 32.1. The van der Waals surface area contributed by atoms with Gasteiger partial charge in [-0.2, -0.15) is 5.10 Å². The van der Waals surface area contributed by atoms with Crippen LogP contribution in [-0.2, 0) is 14.4 Å². The number of benzene rings is 2. The number of likely N-dealkylation sites (tertiary alicyclic amines) is 2. The first-order chi connectivity index (χ1) is 31.3. The van der Waals surface area contributed by atoms with Gasteiger partial charge in [-0.3, -0.25) is 19.1 Å². The van der Waals surface area contributed by atoms with Crippen LogP contribution < -0.4 is 16.0 Å². The second-order valence-corrected chi connectivity index (χ2v) is 18.8. The highest BCUT2D eigenvalue weighted by Gasteiger charge is 2.44. The van der Waals surface area contributed by atoms with Crippen LogP contribution >= 0.6 is 11.3 Å². The Kier molecular flexibility index (Phi) is 12.3. The Morgan fingerprint density at radius 1 is 0.954 bits per heavy atom. The fourth-order valence-corrected chi connectivity index (χ4v) is 10.5. The Balaban J connectivity index is 0.792. The largest absolute Gasteiger partial charge is 0.507 e. The summed E-state index contributed by atoms with van der Waals surface area (Å²) in [6.07, 6.45) is 2.02. The second-order valence-electron chi connectivity index (χ2n) is 18.0. The van der Waals surface area contributed by atoms with Gasteiger partial charge >= 0.3 is 0 Å². The number of aromatic nitrogens is 6. The number of thiazole rings is 1. The summed E-state index contributed by atoms with van der Waals surface area (Å²) in [6.45, 7) is 10.2. The molecule has 18 heteroatoms. The van der Waals surface area contributed by atoms with Gasteiger partial charge in [0.05, 0.1) is 45.5 Å². The van der Waals surface area contributed by atoms with Crippen LogP contribution in [0.5, 0.6) is 5.75 Å². The molecule has 6 aromatic rings. The summed E-state index contributed by atoms with van der Waals surface area (Å²) in [5.41, 5.74) is 13.4. The topological polar surface area (TPSA) is 222 Å². The number of β-amino-alcohol motifs (C(OH)–C–C–N with tert-alkyl or cyclic N) is 1. The summed E-state index contributed by atoms with van der Waals surface area (Å²) in [5, 5.41) is 41.9. The minimum atomic E-state index is -0.839. The van der Waals surface area contributed by atoms with Gasteiger partial charge in [0.15, 0.2) is 22.9 Å². The minimum Gasteiger partial charge on any atom is -0.507 e. The monoisotopic (exact) mass is 901 g/mol. The van der Waals surface area contributed by atoms with E-state index in [1.54, 1.807) is 35.6 Å². The number of phenolic OH excluding ortho intramolecular Hbond substituents is 1. The number of aromatic hydroxyl groups is 1. The molecule has 0 saturated carbocycles. The van der Waals surface area contributed by atoms with Crippen LogP contribution in [-0.4, -0.2) is 113 Å². The van der Waals surface area contributed by atoms with Gasteiger partial charge in [-0.25, -0.2) is 4.98 Å². The molecule has 7 heterocycles. The Morgan fingerprint density at radius 3 is 2.38 bits per heavy atom. The van der Waals surface area contributed by atoms with Crippen LogP contribution in [0.2, 0.25) is 0 Å². The smallest absolute Gasteiger partial charge is 0.243 e. The lowest BCUT2D eigenvalue weighted by Gasteiger charge is -2.37. The van der Waals surface area contributed by atoms with E-state index >= 15 is 0 Å². The number of carbonyl (C=O) groups is 3. The second kappa shape index (κ2) is 18.2. The number of para-hydroxylation sites is 1. The number of aliphatic hydroxyl groups excluding tert-OH is 1. The molecule has 3 saturated heterocycles. The number of phenols is 1. The lowest BCUT2D eigenvalue weighted by molar-refractivity contribution is -0.141. The Morgan fingerprint density at radius 2 is 1.69 bits per heavy atom. The van der Waals surface area contributed by atoms with Crippen LogP contribution in [0.25, 0.3) is 32.7 Å². The number of amides is 3. The predicted octanol–water partition coefficient (Wildman–Crippen LogP) is 5.86. The van der Waals surface area contributed by atoms with Crippen LogP contribution in [0, 0.1) is 18.8 Å². The molecule has 0 bridgehead atoms. The van der Waals surface area contributed by atoms with Crippen LogP contribution in [0.3, 0.4) is 0 Å². The number of hydrogen-bond acceptors (Lipinski definition) is 14. The van der Waals surface area contributed by atoms with Crippen LogP contribution in [0.1, 0.15) is 87.9 Å². The number of fused-ring (bicyclic) bond motifs is 1. The fraction of sp³-hybridized carbons (Fsp3) is 0.447. The summed E-state index contributed by atoms with van der Waals surface area (Å²) in [4.78, 5) is 52.9. The van der Waals surface area contributed by atoms with E-state index in [1.807, 2.05) is 79.2 Å². The highest BCUT2D eigenvalue weighted by molar-refractivity contribution is 7.13. The molecular weight excluding hydrogens is 847 g/mol. The highest BCUT2D eigenvalue weighted by Crippen LogP contribution is 2.36. The molecule has 0 aliphatic carbocycles. The third-order valence-corrected chi connectivity index (χ3v) is 14.3. The van der Waals surface area contributed by atoms with E-state index in [4.69, 9.17) is 10.3 Å². The molecule has 340 valence electrons. The number of piperidine rings is 2. The van der Waals surface area contributed by atoms with Crippen LogP contribution in [0.15, 0.2) is 70.7 Å².